The minimum absolute atomic E-state index is 0.0359. The first kappa shape index (κ1) is 16.1. The molecule has 1 aliphatic heterocycles. The minimum atomic E-state index is -0.0359. The predicted molar refractivity (Wildman–Crippen MR) is 96.6 cm³/mol. The van der Waals surface area contributed by atoms with E-state index in [0.29, 0.717) is 23.9 Å². The normalized spacial score (nSPS) is 14.5. The number of aromatic nitrogens is 2. The number of nitrogens with zero attached hydrogens (tertiary/aromatic N) is 2. The second-order valence-electron chi connectivity index (χ2n) is 6.31. The summed E-state index contributed by atoms with van der Waals surface area (Å²) in [6.07, 6.45) is 0.780. The van der Waals surface area contributed by atoms with E-state index in [1.54, 1.807) is 0 Å². The van der Waals surface area contributed by atoms with E-state index in [1.165, 1.54) is 0 Å². The number of aryl methyl sites for hydroxylation is 1. The van der Waals surface area contributed by atoms with E-state index in [-0.39, 0.29) is 5.56 Å². The van der Waals surface area contributed by atoms with Crippen molar-refractivity contribution in [2.45, 2.75) is 26.4 Å². The van der Waals surface area contributed by atoms with Crippen LogP contribution in [0.1, 0.15) is 22.8 Å². The Morgan fingerprint density at radius 3 is 3.04 bits per heavy atom. The Labute approximate surface area is 150 Å². The average Bonchev–Trinajstić information content (AvgIpc) is 3.04. The summed E-state index contributed by atoms with van der Waals surface area (Å²) in [7, 11) is 0. The molecule has 1 N–H and O–H groups in total. The topological polar surface area (TPSA) is 62.1 Å². The predicted octanol–water partition coefficient (Wildman–Crippen LogP) is 3.55. The largest absolute Gasteiger partial charge is 0.460 e. The summed E-state index contributed by atoms with van der Waals surface area (Å²) >= 11 is 6.04. The zero-order chi connectivity index (χ0) is 17.4. The number of H-pyrrole nitrogens is 1. The zero-order valence-corrected chi connectivity index (χ0v) is 14.6. The summed E-state index contributed by atoms with van der Waals surface area (Å²) in [5.74, 6) is 2.34. The van der Waals surface area contributed by atoms with Crippen molar-refractivity contribution in [2.75, 3.05) is 6.54 Å². The van der Waals surface area contributed by atoms with Crippen LogP contribution in [0.3, 0.4) is 0 Å². The van der Waals surface area contributed by atoms with Crippen LogP contribution in [0.2, 0.25) is 5.02 Å². The molecule has 5 nitrogen and oxygen atoms in total. The monoisotopic (exact) mass is 355 g/mol. The molecule has 1 aromatic carbocycles. The first-order chi connectivity index (χ1) is 12.1. The summed E-state index contributed by atoms with van der Waals surface area (Å²) in [6, 6.07) is 11.5. The first-order valence-electron chi connectivity index (χ1n) is 8.24. The van der Waals surface area contributed by atoms with Crippen molar-refractivity contribution in [1.82, 2.24) is 14.9 Å². The highest BCUT2D eigenvalue weighted by molar-refractivity contribution is 6.30. The Hall–Kier alpha value is -2.37. The Morgan fingerprint density at radius 2 is 2.20 bits per heavy atom. The standard InChI is InChI=1S/C19H18ClN3O2/c1-12-21-17-7-8-23(11-16(17)19(24)22-12)10-15-5-6-18(25-15)13-3-2-4-14(20)9-13/h2-6,9H,7-8,10-11H2,1H3,(H,21,22,24). The van der Waals surface area contributed by atoms with Gasteiger partial charge in [-0.25, -0.2) is 4.98 Å². The van der Waals surface area contributed by atoms with Crippen molar-refractivity contribution in [3.05, 3.63) is 74.6 Å². The number of aromatic amines is 1. The van der Waals surface area contributed by atoms with Crippen LogP contribution in [0.15, 0.2) is 45.6 Å². The Balaban J connectivity index is 1.51. The fourth-order valence-electron chi connectivity index (χ4n) is 3.22. The van der Waals surface area contributed by atoms with E-state index in [4.69, 9.17) is 16.0 Å². The molecule has 3 heterocycles. The van der Waals surface area contributed by atoms with Crippen LogP contribution in [-0.2, 0) is 19.5 Å². The highest BCUT2D eigenvalue weighted by atomic mass is 35.5. The molecule has 0 unspecified atom stereocenters. The van der Waals surface area contributed by atoms with Crippen LogP contribution in [0, 0.1) is 6.92 Å². The summed E-state index contributed by atoms with van der Waals surface area (Å²) in [4.78, 5) is 21.6. The van der Waals surface area contributed by atoms with Crippen LogP contribution >= 0.6 is 11.6 Å². The Morgan fingerprint density at radius 1 is 1.32 bits per heavy atom. The third-order valence-electron chi connectivity index (χ3n) is 4.42. The number of hydrogen-bond acceptors (Lipinski definition) is 4. The molecule has 0 atom stereocenters. The number of halogens is 1. The maximum absolute atomic E-state index is 12.1. The molecule has 0 saturated carbocycles. The third kappa shape index (κ3) is 3.38. The maximum Gasteiger partial charge on any atom is 0.255 e. The van der Waals surface area contributed by atoms with Gasteiger partial charge in [0, 0.05) is 30.1 Å². The van der Waals surface area contributed by atoms with E-state index < -0.39 is 0 Å². The van der Waals surface area contributed by atoms with Gasteiger partial charge in [0.2, 0.25) is 0 Å². The van der Waals surface area contributed by atoms with Crippen LogP contribution in [0.25, 0.3) is 11.3 Å². The Bertz CT molecular complexity index is 977. The van der Waals surface area contributed by atoms with E-state index in [9.17, 15) is 4.79 Å². The molecule has 0 aliphatic carbocycles. The van der Waals surface area contributed by atoms with E-state index in [2.05, 4.69) is 14.9 Å². The van der Waals surface area contributed by atoms with Crippen molar-refractivity contribution < 1.29 is 4.42 Å². The van der Waals surface area contributed by atoms with Gasteiger partial charge in [0.1, 0.15) is 17.3 Å². The van der Waals surface area contributed by atoms with Crippen molar-refractivity contribution in [3.63, 3.8) is 0 Å². The lowest BCUT2D eigenvalue weighted by molar-refractivity contribution is 0.223. The number of rotatable bonds is 3. The van der Waals surface area contributed by atoms with Crippen molar-refractivity contribution in [3.8, 4) is 11.3 Å². The van der Waals surface area contributed by atoms with Crippen molar-refractivity contribution in [1.29, 1.82) is 0 Å². The number of furan rings is 1. The molecular formula is C19H18ClN3O2. The average molecular weight is 356 g/mol. The van der Waals surface area contributed by atoms with E-state index in [0.717, 1.165) is 41.3 Å². The van der Waals surface area contributed by atoms with Gasteiger partial charge in [-0.15, -0.1) is 0 Å². The van der Waals surface area contributed by atoms with Gasteiger partial charge in [0.05, 0.1) is 17.8 Å². The lowest BCUT2D eigenvalue weighted by Gasteiger charge is -2.26. The summed E-state index contributed by atoms with van der Waals surface area (Å²) in [6.45, 7) is 3.92. The fraction of sp³-hybridized carbons (Fsp3) is 0.263. The van der Waals surface area contributed by atoms with Crippen LogP contribution < -0.4 is 5.56 Å². The molecule has 0 amide bonds. The van der Waals surface area contributed by atoms with Gasteiger partial charge in [-0.05, 0) is 31.2 Å². The van der Waals surface area contributed by atoms with Crippen molar-refractivity contribution in [2.24, 2.45) is 0 Å². The lowest BCUT2D eigenvalue weighted by atomic mass is 10.1. The smallest absolute Gasteiger partial charge is 0.255 e. The van der Waals surface area contributed by atoms with Crippen LogP contribution in [0.5, 0.6) is 0 Å². The van der Waals surface area contributed by atoms with Gasteiger partial charge in [-0.3, -0.25) is 9.69 Å². The molecule has 0 saturated heterocycles. The maximum atomic E-state index is 12.1. The molecule has 1 aliphatic rings. The van der Waals surface area contributed by atoms with Gasteiger partial charge in [-0.2, -0.15) is 0 Å². The number of fused-ring (bicyclic) bond motifs is 1. The number of hydrogen-bond donors (Lipinski definition) is 1. The molecule has 0 fully saturated rings. The zero-order valence-electron chi connectivity index (χ0n) is 13.9. The van der Waals surface area contributed by atoms with Crippen LogP contribution in [-0.4, -0.2) is 21.4 Å². The molecule has 3 aromatic rings. The molecule has 2 aromatic heterocycles. The van der Waals surface area contributed by atoms with Crippen LogP contribution in [0.4, 0.5) is 0 Å². The molecule has 128 valence electrons. The fourth-order valence-corrected chi connectivity index (χ4v) is 3.41. The molecule has 25 heavy (non-hydrogen) atoms. The van der Waals surface area contributed by atoms with Gasteiger partial charge in [0.15, 0.2) is 0 Å². The number of nitrogens with one attached hydrogen (secondary N) is 1. The van der Waals surface area contributed by atoms with E-state index >= 15 is 0 Å². The second-order valence-corrected chi connectivity index (χ2v) is 6.75. The summed E-state index contributed by atoms with van der Waals surface area (Å²) in [5.41, 5.74) is 2.60. The number of benzene rings is 1. The SMILES string of the molecule is Cc1nc2c(c(=O)[nH]1)CN(Cc1ccc(-c3cccc(Cl)c3)o1)CC2. The molecule has 0 spiro atoms. The molecule has 4 rings (SSSR count). The summed E-state index contributed by atoms with van der Waals surface area (Å²) < 4.78 is 5.96. The lowest BCUT2D eigenvalue weighted by Crippen LogP contribution is -2.35. The Kier molecular flexibility index (Phi) is 4.19. The quantitative estimate of drug-likeness (QED) is 0.780. The highest BCUT2D eigenvalue weighted by Gasteiger charge is 2.21. The van der Waals surface area contributed by atoms with Gasteiger partial charge in [-0.1, -0.05) is 23.7 Å². The molecule has 0 bridgehead atoms. The third-order valence-corrected chi connectivity index (χ3v) is 4.65. The van der Waals surface area contributed by atoms with Gasteiger partial charge in [0.25, 0.3) is 5.56 Å². The molecule has 6 heteroatoms. The molecular weight excluding hydrogens is 338 g/mol. The second kappa shape index (κ2) is 6.50. The minimum Gasteiger partial charge on any atom is -0.460 e. The van der Waals surface area contributed by atoms with E-state index in [1.807, 2.05) is 43.3 Å². The van der Waals surface area contributed by atoms with Gasteiger partial charge < -0.3 is 9.40 Å². The highest BCUT2D eigenvalue weighted by Crippen LogP contribution is 2.26. The molecule has 0 radical (unpaired) electrons. The van der Waals surface area contributed by atoms with Crippen molar-refractivity contribution >= 4 is 11.6 Å². The van der Waals surface area contributed by atoms with Gasteiger partial charge >= 0.3 is 0 Å². The summed E-state index contributed by atoms with van der Waals surface area (Å²) in [5, 5.41) is 0.685. The first-order valence-corrected chi connectivity index (χ1v) is 8.62.